The molecule has 0 aliphatic rings. The molecule has 0 aliphatic heterocycles. The van der Waals surface area contributed by atoms with Crippen LogP contribution in [-0.4, -0.2) is 39.5 Å². The lowest BCUT2D eigenvalue weighted by atomic mass is 10.1. The molecule has 7 nitrogen and oxygen atoms in total. The fourth-order valence-corrected chi connectivity index (χ4v) is 3.17. The van der Waals surface area contributed by atoms with Gasteiger partial charge in [-0.2, -0.15) is 0 Å². The van der Waals surface area contributed by atoms with Crippen molar-refractivity contribution in [3.63, 3.8) is 0 Å². The summed E-state index contributed by atoms with van der Waals surface area (Å²) in [7, 11) is 3.24. The highest BCUT2D eigenvalue weighted by Gasteiger charge is 2.10. The highest BCUT2D eigenvalue weighted by Crippen LogP contribution is 2.24. The zero-order valence-electron chi connectivity index (χ0n) is 16.3. The number of hydrogen-bond donors (Lipinski definition) is 2. The lowest BCUT2D eigenvalue weighted by Crippen LogP contribution is -2.10. The Morgan fingerprint density at radius 3 is 2.45 bits per heavy atom. The second-order valence-corrected chi connectivity index (χ2v) is 7.21. The summed E-state index contributed by atoms with van der Waals surface area (Å²) >= 11 is -2.02. The Bertz CT molecular complexity index is 980. The number of rotatable bonds is 9. The molecule has 0 spiro atoms. The molecule has 8 heteroatoms. The minimum absolute atomic E-state index is 0.134. The van der Waals surface area contributed by atoms with Gasteiger partial charge in [-0.05, 0) is 36.2 Å². The first-order valence-corrected chi connectivity index (χ1v) is 10.3. The molecular formula is C21H23N3O4S. The average Bonchev–Trinajstić information content (AvgIpc) is 2.73. The monoisotopic (exact) mass is 413 g/mol. The van der Waals surface area contributed by atoms with Gasteiger partial charge in [0.05, 0.1) is 19.9 Å². The Hall–Kier alpha value is -2.97. The number of ether oxygens (including phenoxy) is 2. The smallest absolute Gasteiger partial charge is 0.160 e. The molecule has 152 valence electrons. The highest BCUT2D eigenvalue weighted by atomic mass is 32.2. The molecule has 1 heterocycles. The van der Waals surface area contributed by atoms with E-state index in [2.05, 4.69) is 15.3 Å². The van der Waals surface area contributed by atoms with Gasteiger partial charge >= 0.3 is 0 Å². The van der Waals surface area contributed by atoms with Crippen molar-refractivity contribution in [2.45, 2.75) is 12.2 Å². The van der Waals surface area contributed by atoms with E-state index >= 15 is 0 Å². The van der Waals surface area contributed by atoms with Crippen molar-refractivity contribution >= 4 is 16.9 Å². The van der Waals surface area contributed by atoms with Crippen LogP contribution in [-0.2, 0) is 23.3 Å². The van der Waals surface area contributed by atoms with Gasteiger partial charge in [-0.3, -0.25) is 0 Å². The lowest BCUT2D eigenvalue weighted by Gasteiger charge is -2.11. The Morgan fingerprint density at radius 2 is 1.76 bits per heavy atom. The van der Waals surface area contributed by atoms with E-state index in [-0.39, 0.29) is 5.75 Å². The van der Waals surface area contributed by atoms with Crippen molar-refractivity contribution < 1.29 is 18.2 Å². The summed E-state index contributed by atoms with van der Waals surface area (Å²) in [4.78, 5) is 8.80. The predicted molar refractivity (Wildman–Crippen MR) is 114 cm³/mol. The molecule has 0 radical (unpaired) electrons. The van der Waals surface area contributed by atoms with Gasteiger partial charge < -0.3 is 19.3 Å². The van der Waals surface area contributed by atoms with Crippen molar-refractivity contribution in [3.8, 4) is 22.8 Å². The number of aromatic nitrogens is 2. The summed E-state index contributed by atoms with van der Waals surface area (Å²) in [5.74, 6) is 2.31. The van der Waals surface area contributed by atoms with E-state index in [0.29, 0.717) is 29.6 Å². The molecule has 1 atom stereocenters. The third kappa shape index (κ3) is 6.00. The molecule has 2 N–H and O–H groups in total. The van der Waals surface area contributed by atoms with Crippen LogP contribution in [0.1, 0.15) is 11.4 Å². The minimum Gasteiger partial charge on any atom is -0.497 e. The second kappa shape index (κ2) is 9.99. The Morgan fingerprint density at radius 1 is 1.00 bits per heavy atom. The topological polar surface area (TPSA) is 93.6 Å². The maximum absolute atomic E-state index is 11.3. The standard InChI is InChI=1S/C21H23N3O4S/c1-27-17-8-6-15(7-9-17)10-11-22-20-13-19(23-21(24-20)14-29(25)26)16-4-3-5-18(12-16)28-2/h3-9,12-13H,10-11,14H2,1-2H3,(H,25,26)(H,22,23,24). The van der Waals surface area contributed by atoms with E-state index in [1.165, 1.54) is 0 Å². The van der Waals surface area contributed by atoms with Crippen molar-refractivity contribution in [1.29, 1.82) is 0 Å². The molecule has 3 rings (SSSR count). The van der Waals surface area contributed by atoms with Crippen LogP contribution in [0.3, 0.4) is 0 Å². The van der Waals surface area contributed by atoms with Gasteiger partial charge in [0.2, 0.25) is 0 Å². The molecular weight excluding hydrogens is 390 g/mol. The summed E-state index contributed by atoms with van der Waals surface area (Å²) < 4.78 is 31.0. The summed E-state index contributed by atoms with van der Waals surface area (Å²) in [5, 5.41) is 3.28. The fourth-order valence-electron chi connectivity index (χ4n) is 2.82. The Labute approximate surface area is 172 Å². The third-order valence-electron chi connectivity index (χ3n) is 4.27. The molecule has 3 aromatic rings. The second-order valence-electron chi connectivity index (χ2n) is 6.28. The fraction of sp³-hybridized carbons (Fsp3) is 0.238. The summed E-state index contributed by atoms with van der Waals surface area (Å²) in [6, 6.07) is 17.2. The number of benzene rings is 2. The molecule has 0 amide bonds. The van der Waals surface area contributed by atoms with Gasteiger partial charge in [-0.25, -0.2) is 14.2 Å². The molecule has 0 saturated carbocycles. The van der Waals surface area contributed by atoms with Crippen molar-refractivity contribution in [2.24, 2.45) is 0 Å². The van der Waals surface area contributed by atoms with Gasteiger partial charge in [0.15, 0.2) is 11.1 Å². The number of nitrogens with one attached hydrogen (secondary N) is 1. The Kier molecular flexibility index (Phi) is 7.15. The van der Waals surface area contributed by atoms with E-state index in [0.717, 1.165) is 23.3 Å². The van der Waals surface area contributed by atoms with E-state index in [1.807, 2.05) is 54.6 Å². The van der Waals surface area contributed by atoms with Crippen LogP contribution in [0.15, 0.2) is 54.6 Å². The zero-order valence-corrected chi connectivity index (χ0v) is 17.1. The summed E-state index contributed by atoms with van der Waals surface area (Å²) in [6.45, 7) is 0.655. The Balaban J connectivity index is 1.78. The first-order valence-electron chi connectivity index (χ1n) is 9.04. The van der Waals surface area contributed by atoms with Crippen LogP contribution in [0.2, 0.25) is 0 Å². The maximum Gasteiger partial charge on any atom is 0.160 e. The van der Waals surface area contributed by atoms with Crippen LogP contribution < -0.4 is 14.8 Å². The lowest BCUT2D eigenvalue weighted by molar-refractivity contribution is 0.414. The predicted octanol–water partition coefficient (Wildman–Crippen LogP) is 3.54. The van der Waals surface area contributed by atoms with Gasteiger partial charge in [-0.1, -0.05) is 24.3 Å². The van der Waals surface area contributed by atoms with Gasteiger partial charge in [-0.15, -0.1) is 0 Å². The SMILES string of the molecule is COc1ccc(CCNc2cc(-c3cccc(OC)c3)nc(CS(=O)O)n2)cc1. The van der Waals surface area contributed by atoms with Gasteiger partial charge in [0.25, 0.3) is 0 Å². The van der Waals surface area contributed by atoms with Crippen LogP contribution in [0.25, 0.3) is 11.3 Å². The third-order valence-corrected chi connectivity index (χ3v) is 4.77. The molecule has 0 fully saturated rings. The molecule has 1 aromatic heterocycles. The van der Waals surface area contributed by atoms with E-state index in [1.54, 1.807) is 14.2 Å². The van der Waals surface area contributed by atoms with Crippen LogP contribution in [0.4, 0.5) is 5.82 Å². The number of anilines is 1. The van der Waals surface area contributed by atoms with Gasteiger partial charge in [0, 0.05) is 18.2 Å². The van der Waals surface area contributed by atoms with Crippen molar-refractivity contribution in [1.82, 2.24) is 9.97 Å². The number of methoxy groups -OCH3 is 2. The first kappa shape index (κ1) is 20.8. The van der Waals surface area contributed by atoms with Crippen molar-refractivity contribution in [2.75, 3.05) is 26.1 Å². The number of hydrogen-bond acceptors (Lipinski definition) is 6. The number of nitrogens with zero attached hydrogens (tertiary/aromatic N) is 2. The molecule has 0 saturated heterocycles. The van der Waals surface area contributed by atoms with E-state index in [9.17, 15) is 8.76 Å². The van der Waals surface area contributed by atoms with Crippen LogP contribution in [0, 0.1) is 0 Å². The summed E-state index contributed by atoms with van der Waals surface area (Å²) in [6.07, 6.45) is 0.795. The minimum atomic E-state index is -2.02. The molecule has 29 heavy (non-hydrogen) atoms. The maximum atomic E-state index is 11.3. The van der Waals surface area contributed by atoms with Crippen LogP contribution >= 0.6 is 0 Å². The van der Waals surface area contributed by atoms with E-state index in [4.69, 9.17) is 9.47 Å². The molecule has 1 unspecified atom stereocenters. The van der Waals surface area contributed by atoms with Crippen molar-refractivity contribution in [3.05, 3.63) is 66.0 Å². The highest BCUT2D eigenvalue weighted by molar-refractivity contribution is 7.78. The van der Waals surface area contributed by atoms with E-state index < -0.39 is 11.1 Å². The average molecular weight is 413 g/mol. The summed E-state index contributed by atoms with van der Waals surface area (Å²) in [5.41, 5.74) is 2.67. The largest absolute Gasteiger partial charge is 0.497 e. The van der Waals surface area contributed by atoms with Crippen LogP contribution in [0.5, 0.6) is 11.5 Å². The quantitative estimate of drug-likeness (QED) is 0.518. The first-order chi connectivity index (χ1) is 14.1. The molecule has 2 aromatic carbocycles. The van der Waals surface area contributed by atoms with Gasteiger partial charge in [0.1, 0.15) is 28.9 Å². The molecule has 0 bridgehead atoms. The normalized spacial score (nSPS) is 11.7. The zero-order chi connectivity index (χ0) is 20.6. The molecule has 0 aliphatic carbocycles.